The zero-order valence-electron chi connectivity index (χ0n) is 32.6. The second-order valence-electron chi connectivity index (χ2n) is 14.2. The maximum Gasteiger partial charge on any atom is 0.200 e. The van der Waals surface area contributed by atoms with E-state index >= 15 is 35.1 Å². The second-order valence-corrected chi connectivity index (χ2v) is 15.9. The van der Waals surface area contributed by atoms with Crippen LogP contribution in [-0.4, -0.2) is 18.5 Å². The Morgan fingerprint density at radius 1 is 0.242 bits per heavy atom. The van der Waals surface area contributed by atoms with Crippen molar-refractivity contribution >= 4 is 36.6 Å². The first-order valence-electron chi connectivity index (χ1n) is 19.2. The lowest BCUT2D eigenvalue weighted by molar-refractivity contribution is 0.378. The van der Waals surface area contributed by atoms with E-state index in [1.807, 2.05) is 0 Å². The molecular weight excluding hydrogens is 902 g/mol. The highest BCUT2D eigenvalue weighted by Crippen LogP contribution is 2.31. The van der Waals surface area contributed by atoms with Crippen LogP contribution in [0.25, 0.3) is 0 Å². The van der Waals surface area contributed by atoms with Gasteiger partial charge in [0.15, 0.2) is 69.8 Å². The van der Waals surface area contributed by atoms with Gasteiger partial charge in [-0.2, -0.15) is 0 Å². The van der Waals surface area contributed by atoms with Crippen LogP contribution in [-0.2, 0) is 0 Å². The Morgan fingerprint density at radius 2 is 0.403 bits per heavy atom. The van der Waals surface area contributed by atoms with Gasteiger partial charge in [-0.1, -0.05) is 65.2 Å². The largest absolute Gasteiger partial charge is 0.207 e. The lowest BCUT2D eigenvalue weighted by Gasteiger charge is -2.44. The molecule has 0 aromatic heterocycles. The van der Waals surface area contributed by atoms with Crippen molar-refractivity contribution in [2.75, 3.05) is 12.3 Å². The molecule has 0 fully saturated rings. The molecule has 0 saturated carbocycles. The standard InChI is InChI=1S/C24BF20.C16H35P/c26-5-1(6(27)14(35)21(42)13(5)34)25(2-7(28)15(36)22(43)16(37)8(2)29,3-9(30)17(38)23(44)18(39)10(3)31)4-11(32)19(40)24(45)20(41)12(4)33;1-3-5-7-9-11-13-15-17-16-14-12-10-8-6-4-2/h;17H,3-16H2,1-2H3/q-1;/p+1. The average molecular weight is 938 g/mol. The third kappa shape index (κ3) is 10.0. The van der Waals surface area contributed by atoms with Gasteiger partial charge in [0.05, 0.1) is 12.3 Å². The maximum absolute atomic E-state index is 15.4. The molecule has 0 amide bonds. The molecule has 0 bridgehead atoms. The highest BCUT2D eigenvalue weighted by Gasteiger charge is 2.52. The first-order chi connectivity index (χ1) is 29.1. The van der Waals surface area contributed by atoms with Crippen molar-refractivity contribution < 1.29 is 87.8 Å². The van der Waals surface area contributed by atoms with Crippen molar-refractivity contribution in [1.82, 2.24) is 0 Å². The van der Waals surface area contributed by atoms with Gasteiger partial charge in [-0.3, -0.25) is 0 Å². The Kier molecular flexibility index (Phi) is 19.0. The molecule has 0 spiro atoms. The second kappa shape index (κ2) is 22.5. The number of unbranched alkanes of at least 4 members (excludes halogenated alkanes) is 10. The first-order valence-corrected chi connectivity index (χ1v) is 20.8. The monoisotopic (exact) mass is 938 g/mol. The highest BCUT2D eigenvalue weighted by atomic mass is 31.1. The average Bonchev–Trinajstić information content (AvgIpc) is 3.25. The van der Waals surface area contributed by atoms with Crippen LogP contribution in [0, 0.1) is 116 Å². The van der Waals surface area contributed by atoms with E-state index in [2.05, 4.69) is 13.8 Å². The fourth-order valence-electron chi connectivity index (χ4n) is 7.16. The predicted octanol–water partition coefficient (Wildman–Crippen LogP) is 12.0. The van der Waals surface area contributed by atoms with Crippen molar-refractivity contribution in [3.63, 3.8) is 0 Å². The molecule has 0 radical (unpaired) electrons. The molecule has 0 aliphatic carbocycles. The quantitative estimate of drug-likeness (QED) is 0.0233. The Labute approximate surface area is 343 Å². The Bertz CT molecular complexity index is 1830. The van der Waals surface area contributed by atoms with Crippen LogP contribution < -0.4 is 21.9 Å². The fraction of sp³-hybridized carbons (Fsp3) is 0.400. The molecule has 0 aliphatic rings. The van der Waals surface area contributed by atoms with Crippen molar-refractivity contribution in [3.05, 3.63) is 116 Å². The number of rotatable bonds is 18. The highest BCUT2D eigenvalue weighted by molar-refractivity contribution is 7.37. The molecule has 0 nitrogen and oxygen atoms in total. The van der Waals surface area contributed by atoms with Crippen LogP contribution in [0.3, 0.4) is 0 Å². The van der Waals surface area contributed by atoms with E-state index in [9.17, 15) is 52.7 Å². The van der Waals surface area contributed by atoms with Gasteiger partial charge in [0.2, 0.25) is 0 Å². The summed E-state index contributed by atoms with van der Waals surface area (Å²) in [7, 11) is 0.794. The summed E-state index contributed by atoms with van der Waals surface area (Å²) in [6.45, 7) is 4.59. The summed E-state index contributed by atoms with van der Waals surface area (Å²) in [4.78, 5) is 0. The van der Waals surface area contributed by atoms with Crippen molar-refractivity contribution in [1.29, 1.82) is 0 Å². The maximum atomic E-state index is 15.4. The predicted molar refractivity (Wildman–Crippen MR) is 195 cm³/mol. The van der Waals surface area contributed by atoms with Gasteiger partial charge in [0, 0.05) is 0 Å². The zero-order valence-corrected chi connectivity index (χ0v) is 33.8. The number of benzene rings is 4. The van der Waals surface area contributed by atoms with Crippen molar-refractivity contribution in [3.8, 4) is 0 Å². The minimum absolute atomic E-state index is 0.794. The van der Waals surface area contributed by atoms with E-state index in [0.29, 0.717) is 0 Å². The molecule has 22 heteroatoms. The lowest BCUT2D eigenvalue weighted by Crippen LogP contribution is -2.81. The van der Waals surface area contributed by atoms with E-state index in [4.69, 9.17) is 0 Å². The Morgan fingerprint density at radius 3 is 0.597 bits per heavy atom. The summed E-state index contributed by atoms with van der Waals surface area (Å²) in [6, 6.07) is 0. The van der Waals surface area contributed by atoms with Crippen molar-refractivity contribution in [2.24, 2.45) is 0 Å². The first kappa shape index (κ1) is 52.3. The minimum atomic E-state index is -7.22. The van der Waals surface area contributed by atoms with Crippen LogP contribution in [0.4, 0.5) is 87.8 Å². The van der Waals surface area contributed by atoms with Gasteiger partial charge in [-0.25, -0.2) is 87.8 Å². The normalized spacial score (nSPS) is 11.7. The van der Waals surface area contributed by atoms with E-state index in [-0.39, 0.29) is 0 Å². The molecule has 0 saturated heterocycles. The van der Waals surface area contributed by atoms with Gasteiger partial charge in [0.25, 0.3) is 0 Å². The van der Waals surface area contributed by atoms with E-state index in [1.165, 1.54) is 77.0 Å². The molecule has 4 rings (SSSR count). The van der Waals surface area contributed by atoms with Crippen LogP contribution in [0.15, 0.2) is 0 Å². The minimum Gasteiger partial charge on any atom is -0.207 e. The molecule has 0 unspecified atom stereocenters. The lowest BCUT2D eigenvalue weighted by atomic mass is 9.12. The molecule has 62 heavy (non-hydrogen) atoms. The van der Waals surface area contributed by atoms with Crippen LogP contribution >= 0.6 is 8.58 Å². The zero-order chi connectivity index (χ0) is 47.0. The number of hydrogen-bond acceptors (Lipinski definition) is 0. The SMILES string of the molecule is CCCCCCCC[PH2+]CCCCCCCC.Fc1c(F)c(F)c([B-](c2c(F)c(F)c(F)c(F)c2F)(c2c(F)c(F)c(F)c(F)c2F)c2c(F)c(F)c(F)c(F)c2F)c(F)c1F. The van der Waals surface area contributed by atoms with Crippen molar-refractivity contribution in [2.45, 2.75) is 90.9 Å². The number of halogens is 20. The molecule has 4 aromatic rings. The van der Waals surface area contributed by atoms with E-state index < -0.39 is 144 Å². The van der Waals surface area contributed by atoms with Gasteiger partial charge in [-0.05, 0) is 34.3 Å². The van der Waals surface area contributed by atoms with Gasteiger partial charge in [0.1, 0.15) is 52.7 Å². The topological polar surface area (TPSA) is 0 Å². The van der Waals surface area contributed by atoms with Crippen LogP contribution in [0.5, 0.6) is 0 Å². The van der Waals surface area contributed by atoms with Crippen LogP contribution in [0.1, 0.15) is 90.9 Å². The number of hydrogen-bond donors (Lipinski definition) is 0. The molecule has 4 aromatic carbocycles. The van der Waals surface area contributed by atoms with E-state index in [0.717, 1.165) is 8.58 Å². The molecule has 344 valence electrons. The Balaban J connectivity index is 0.000000509. The smallest absolute Gasteiger partial charge is 0.200 e. The summed E-state index contributed by atoms with van der Waals surface area (Å²) in [6.07, 6.45) is 13.6. The van der Waals surface area contributed by atoms with Gasteiger partial charge >= 0.3 is 0 Å². The summed E-state index contributed by atoms with van der Waals surface area (Å²) in [5, 5.41) is 0. The van der Waals surface area contributed by atoms with E-state index in [1.54, 1.807) is 12.3 Å². The summed E-state index contributed by atoms with van der Waals surface area (Å²) >= 11 is 0. The van der Waals surface area contributed by atoms with Crippen LogP contribution in [0.2, 0.25) is 0 Å². The fourth-order valence-corrected chi connectivity index (χ4v) is 8.60. The van der Waals surface area contributed by atoms with Gasteiger partial charge < -0.3 is 0 Å². The third-order valence-electron chi connectivity index (χ3n) is 10.2. The summed E-state index contributed by atoms with van der Waals surface area (Å²) in [5.74, 6) is -71.4. The summed E-state index contributed by atoms with van der Waals surface area (Å²) < 4.78 is 294. The third-order valence-corrected chi connectivity index (χ3v) is 11.9. The summed E-state index contributed by atoms with van der Waals surface area (Å²) in [5.41, 5.74) is -14.3. The molecular formula is C40H36BF20P. The Hall–Kier alpha value is -4.03. The molecule has 0 atom stereocenters. The molecule has 0 N–H and O–H groups in total. The molecule has 0 aliphatic heterocycles. The molecule has 0 heterocycles. The van der Waals surface area contributed by atoms with Gasteiger partial charge in [-0.15, -0.1) is 21.9 Å².